The van der Waals surface area contributed by atoms with Crippen LogP contribution in [0.5, 0.6) is 5.75 Å². The van der Waals surface area contributed by atoms with Gasteiger partial charge in [-0.05, 0) is 25.2 Å². The van der Waals surface area contributed by atoms with E-state index in [1.807, 2.05) is 19.2 Å². The van der Waals surface area contributed by atoms with Crippen molar-refractivity contribution in [1.82, 2.24) is 5.32 Å². The smallest absolute Gasteiger partial charge is 0.120 e. The van der Waals surface area contributed by atoms with Gasteiger partial charge in [0.15, 0.2) is 0 Å². The molecule has 0 spiro atoms. The molecular weight excluding hydrogens is 188 g/mol. The van der Waals surface area contributed by atoms with Crippen LogP contribution < -0.4 is 15.8 Å². The second-order valence-electron chi connectivity index (χ2n) is 3.11. The minimum Gasteiger partial charge on any atom is -0.497 e. The lowest BCUT2D eigenvalue weighted by Crippen LogP contribution is -2.05. The second-order valence-corrected chi connectivity index (χ2v) is 3.11. The average molecular weight is 204 g/mol. The summed E-state index contributed by atoms with van der Waals surface area (Å²) in [6, 6.07) is 5.48. The van der Waals surface area contributed by atoms with Crippen molar-refractivity contribution in [3.8, 4) is 17.6 Å². The maximum absolute atomic E-state index is 5.79. The third-order valence-electron chi connectivity index (χ3n) is 1.98. The monoisotopic (exact) mass is 204 g/mol. The van der Waals surface area contributed by atoms with Gasteiger partial charge in [0, 0.05) is 18.7 Å². The molecule has 15 heavy (non-hydrogen) atoms. The summed E-state index contributed by atoms with van der Waals surface area (Å²) < 4.78 is 5.10. The summed E-state index contributed by atoms with van der Waals surface area (Å²) >= 11 is 0. The first kappa shape index (κ1) is 11.4. The Kier molecular flexibility index (Phi) is 4.52. The minimum atomic E-state index is 0.688. The van der Waals surface area contributed by atoms with Crippen molar-refractivity contribution < 1.29 is 4.74 Å². The molecule has 0 amide bonds. The Morgan fingerprint density at radius 1 is 1.47 bits per heavy atom. The van der Waals surface area contributed by atoms with Crippen molar-refractivity contribution in [2.75, 3.05) is 26.4 Å². The van der Waals surface area contributed by atoms with Crippen LogP contribution in [0.15, 0.2) is 18.2 Å². The van der Waals surface area contributed by atoms with E-state index >= 15 is 0 Å². The fourth-order valence-electron chi connectivity index (χ4n) is 1.12. The second kappa shape index (κ2) is 5.94. The SMILES string of the molecule is CNCCC#Cc1cc(OC)ccc1N. The lowest BCUT2D eigenvalue weighted by Gasteiger charge is -2.02. The first-order chi connectivity index (χ1) is 7.27. The normalized spacial score (nSPS) is 9.20. The number of hydrogen-bond acceptors (Lipinski definition) is 3. The topological polar surface area (TPSA) is 47.3 Å². The van der Waals surface area contributed by atoms with Crippen LogP contribution in [0.2, 0.25) is 0 Å². The number of methoxy groups -OCH3 is 1. The highest BCUT2D eigenvalue weighted by Gasteiger charge is 1.97. The molecule has 0 aliphatic carbocycles. The van der Waals surface area contributed by atoms with E-state index < -0.39 is 0 Å². The summed E-state index contributed by atoms with van der Waals surface area (Å²) in [7, 11) is 3.53. The van der Waals surface area contributed by atoms with Gasteiger partial charge in [0.05, 0.1) is 12.7 Å². The van der Waals surface area contributed by atoms with Gasteiger partial charge in [-0.3, -0.25) is 0 Å². The molecule has 1 aromatic rings. The third-order valence-corrected chi connectivity index (χ3v) is 1.98. The summed E-state index contributed by atoms with van der Waals surface area (Å²) in [6.45, 7) is 0.886. The largest absolute Gasteiger partial charge is 0.497 e. The summed E-state index contributed by atoms with van der Waals surface area (Å²) in [5.74, 6) is 6.85. The van der Waals surface area contributed by atoms with E-state index in [1.54, 1.807) is 13.2 Å². The van der Waals surface area contributed by atoms with E-state index in [9.17, 15) is 0 Å². The average Bonchev–Trinajstić information content (AvgIpc) is 2.26. The van der Waals surface area contributed by atoms with Crippen LogP contribution in [0, 0.1) is 11.8 Å². The van der Waals surface area contributed by atoms with Gasteiger partial charge in [-0.1, -0.05) is 11.8 Å². The molecule has 0 heterocycles. The van der Waals surface area contributed by atoms with E-state index in [-0.39, 0.29) is 0 Å². The number of rotatable bonds is 3. The van der Waals surface area contributed by atoms with Crippen molar-refractivity contribution >= 4 is 5.69 Å². The van der Waals surface area contributed by atoms with E-state index in [0.717, 1.165) is 24.3 Å². The van der Waals surface area contributed by atoms with E-state index in [1.165, 1.54) is 0 Å². The molecule has 0 aliphatic heterocycles. The maximum Gasteiger partial charge on any atom is 0.120 e. The van der Waals surface area contributed by atoms with Crippen LogP contribution in [-0.2, 0) is 0 Å². The molecule has 0 saturated heterocycles. The molecule has 3 nitrogen and oxygen atoms in total. The number of benzene rings is 1. The van der Waals surface area contributed by atoms with Crippen molar-refractivity contribution in [3.63, 3.8) is 0 Å². The zero-order valence-corrected chi connectivity index (χ0v) is 9.13. The van der Waals surface area contributed by atoms with Gasteiger partial charge < -0.3 is 15.8 Å². The van der Waals surface area contributed by atoms with Gasteiger partial charge in [-0.25, -0.2) is 0 Å². The van der Waals surface area contributed by atoms with Crippen molar-refractivity contribution in [1.29, 1.82) is 0 Å². The Hall–Kier alpha value is -1.66. The molecule has 0 bridgehead atoms. The molecule has 0 atom stereocenters. The van der Waals surface area contributed by atoms with E-state index in [0.29, 0.717) is 5.69 Å². The highest BCUT2D eigenvalue weighted by molar-refractivity contribution is 5.58. The Balaban J connectivity index is 2.77. The van der Waals surface area contributed by atoms with E-state index in [4.69, 9.17) is 10.5 Å². The number of nitrogens with two attached hydrogens (primary N) is 1. The molecule has 80 valence electrons. The highest BCUT2D eigenvalue weighted by atomic mass is 16.5. The summed E-state index contributed by atoms with van der Waals surface area (Å²) in [5, 5.41) is 3.03. The van der Waals surface area contributed by atoms with Crippen LogP contribution in [0.1, 0.15) is 12.0 Å². The quantitative estimate of drug-likeness (QED) is 0.442. The zero-order valence-electron chi connectivity index (χ0n) is 9.13. The fraction of sp³-hybridized carbons (Fsp3) is 0.333. The zero-order chi connectivity index (χ0) is 11.1. The number of anilines is 1. The van der Waals surface area contributed by atoms with Crippen molar-refractivity contribution in [2.24, 2.45) is 0 Å². The van der Waals surface area contributed by atoms with Gasteiger partial charge in [-0.15, -0.1) is 0 Å². The third kappa shape index (κ3) is 3.53. The Labute approximate surface area is 90.6 Å². The lowest BCUT2D eigenvalue weighted by molar-refractivity contribution is 0.415. The van der Waals surface area contributed by atoms with Crippen molar-refractivity contribution in [2.45, 2.75) is 6.42 Å². The molecule has 0 unspecified atom stereocenters. The fourth-order valence-corrected chi connectivity index (χ4v) is 1.12. The molecule has 0 aromatic heterocycles. The van der Waals surface area contributed by atoms with E-state index in [2.05, 4.69) is 17.2 Å². The van der Waals surface area contributed by atoms with Crippen molar-refractivity contribution in [3.05, 3.63) is 23.8 Å². The van der Waals surface area contributed by atoms with Gasteiger partial charge in [0.25, 0.3) is 0 Å². The molecule has 0 radical (unpaired) electrons. The molecule has 1 rings (SSSR count). The number of ether oxygens (including phenoxy) is 1. The molecule has 3 heteroatoms. The molecule has 0 saturated carbocycles. The Morgan fingerprint density at radius 2 is 2.27 bits per heavy atom. The summed E-state index contributed by atoms with van der Waals surface area (Å²) in [5.41, 5.74) is 7.30. The highest BCUT2D eigenvalue weighted by Crippen LogP contribution is 2.18. The molecular formula is C12H16N2O. The first-order valence-electron chi connectivity index (χ1n) is 4.85. The summed E-state index contributed by atoms with van der Waals surface area (Å²) in [4.78, 5) is 0. The predicted molar refractivity (Wildman–Crippen MR) is 62.8 cm³/mol. The first-order valence-corrected chi connectivity index (χ1v) is 4.85. The van der Waals surface area contributed by atoms with Crippen LogP contribution >= 0.6 is 0 Å². The molecule has 3 N–H and O–H groups in total. The summed E-state index contributed by atoms with van der Waals surface area (Å²) in [6.07, 6.45) is 0.813. The number of hydrogen-bond donors (Lipinski definition) is 2. The lowest BCUT2D eigenvalue weighted by atomic mass is 10.1. The Morgan fingerprint density at radius 3 is 2.93 bits per heavy atom. The van der Waals surface area contributed by atoms with Gasteiger partial charge in [-0.2, -0.15) is 0 Å². The van der Waals surface area contributed by atoms with Crippen LogP contribution in [0.3, 0.4) is 0 Å². The maximum atomic E-state index is 5.79. The molecule has 0 aliphatic rings. The molecule has 1 aromatic carbocycles. The van der Waals surface area contributed by atoms with Gasteiger partial charge >= 0.3 is 0 Å². The standard InChI is InChI=1S/C12H16N2O/c1-14-8-4-3-5-10-9-11(15-2)6-7-12(10)13/h6-7,9,14H,4,8,13H2,1-2H3. The minimum absolute atomic E-state index is 0.688. The van der Waals surface area contributed by atoms with Crippen LogP contribution in [0.25, 0.3) is 0 Å². The van der Waals surface area contributed by atoms with Crippen LogP contribution in [-0.4, -0.2) is 20.7 Å². The number of nitrogen functional groups attached to an aromatic ring is 1. The van der Waals surface area contributed by atoms with Crippen LogP contribution in [0.4, 0.5) is 5.69 Å². The number of nitrogens with one attached hydrogen (secondary N) is 1. The van der Waals surface area contributed by atoms with Gasteiger partial charge in [0.1, 0.15) is 5.75 Å². The predicted octanol–water partition coefficient (Wildman–Crippen LogP) is 1.24. The Bertz CT molecular complexity index is 377. The molecule has 0 fully saturated rings. The van der Waals surface area contributed by atoms with Gasteiger partial charge in [0.2, 0.25) is 0 Å².